The molecule has 4 unspecified atom stereocenters. The summed E-state index contributed by atoms with van der Waals surface area (Å²) < 4.78 is 13.4. The fourth-order valence-corrected chi connectivity index (χ4v) is 6.83. The van der Waals surface area contributed by atoms with E-state index in [0.717, 1.165) is 58.5 Å². The van der Waals surface area contributed by atoms with Gasteiger partial charge >= 0.3 is 0 Å². The first kappa shape index (κ1) is 32.1. The third-order valence-electron chi connectivity index (χ3n) is 9.64. The van der Waals surface area contributed by atoms with Crippen LogP contribution in [0.5, 0.6) is 0 Å². The van der Waals surface area contributed by atoms with E-state index in [1.807, 2.05) is 54.6 Å². The molecule has 7 rings (SSSR count). The summed E-state index contributed by atoms with van der Waals surface area (Å²) in [4.78, 5) is 24.4. The van der Waals surface area contributed by atoms with Gasteiger partial charge in [0.05, 0.1) is 36.0 Å². The second-order valence-electron chi connectivity index (χ2n) is 12.9. The fourth-order valence-electron chi connectivity index (χ4n) is 6.83. The van der Waals surface area contributed by atoms with E-state index in [1.165, 1.54) is 25.5 Å². The number of amides is 1. The summed E-state index contributed by atoms with van der Waals surface area (Å²) in [5.41, 5.74) is 7.76. The Morgan fingerprint density at radius 3 is 2.33 bits per heavy atom. The minimum Gasteiger partial charge on any atom is -0.392 e. The number of piperidine rings is 1. The van der Waals surface area contributed by atoms with Gasteiger partial charge in [-0.3, -0.25) is 9.78 Å². The van der Waals surface area contributed by atoms with Gasteiger partial charge in [-0.2, -0.15) is 0 Å². The number of nitrogens with zero attached hydrogens (tertiary/aromatic N) is 3. The van der Waals surface area contributed by atoms with Crippen molar-refractivity contribution in [2.45, 2.75) is 57.8 Å². The maximum atomic E-state index is 13.0. The zero-order valence-electron chi connectivity index (χ0n) is 27.3. The fraction of sp³-hybridized carbons (Fsp3) is 0.325. The molecule has 4 atom stereocenters. The van der Waals surface area contributed by atoms with Crippen molar-refractivity contribution in [3.63, 3.8) is 0 Å². The third kappa shape index (κ3) is 7.17. The lowest BCUT2D eigenvalue weighted by Gasteiger charge is -2.43. The molecule has 4 aromatic carbocycles. The number of benzene rings is 4. The van der Waals surface area contributed by atoms with Gasteiger partial charge in [0, 0.05) is 24.6 Å². The smallest absolute Gasteiger partial charge is 0.271 e. The van der Waals surface area contributed by atoms with Crippen LogP contribution in [0.2, 0.25) is 0 Å². The van der Waals surface area contributed by atoms with E-state index in [9.17, 15) is 9.90 Å². The summed E-state index contributed by atoms with van der Waals surface area (Å²) >= 11 is 0. The number of aromatic nitrogens is 2. The Bertz CT molecular complexity index is 1840. The van der Waals surface area contributed by atoms with Crippen LogP contribution in [0, 0.1) is 5.92 Å². The van der Waals surface area contributed by atoms with Crippen LogP contribution >= 0.6 is 0 Å². The average molecular weight is 643 g/mol. The Balaban J connectivity index is 1.08. The summed E-state index contributed by atoms with van der Waals surface area (Å²) in [5, 5.41) is 12.6. The first-order valence-corrected chi connectivity index (χ1v) is 17.0. The van der Waals surface area contributed by atoms with Crippen molar-refractivity contribution < 1.29 is 19.4 Å². The third-order valence-corrected chi connectivity index (χ3v) is 9.64. The molecule has 2 fully saturated rings. The standard InChI is InChI=1S/C40H42N4O4/c1-27-37(25-44-21-7-2-8-22-44)47-40(48-38(27)30-15-13-28(26-45)14-16-30)31-19-17-29(18-20-31)33-10-4-3-9-32(33)23-42-39(46)36-24-41-34-11-5-6-12-35(34)43-36/h3-6,9-20,24,27,37-38,40,45H,2,7-8,21-23,25-26H2,1H3,(H,42,46). The first-order valence-electron chi connectivity index (χ1n) is 17.0. The predicted octanol–water partition coefficient (Wildman–Crippen LogP) is 7.00. The van der Waals surface area contributed by atoms with E-state index < -0.39 is 6.29 Å². The molecule has 2 aliphatic rings. The van der Waals surface area contributed by atoms with E-state index >= 15 is 0 Å². The molecule has 0 bridgehead atoms. The Morgan fingerprint density at radius 1 is 0.854 bits per heavy atom. The number of nitrogens with one attached hydrogen (secondary N) is 1. The number of aliphatic hydroxyl groups is 1. The van der Waals surface area contributed by atoms with E-state index in [-0.39, 0.29) is 30.6 Å². The van der Waals surface area contributed by atoms with Crippen LogP contribution < -0.4 is 5.32 Å². The molecule has 0 radical (unpaired) electrons. The molecule has 8 heteroatoms. The number of ether oxygens (including phenoxy) is 2. The van der Waals surface area contributed by atoms with Crippen LogP contribution in [-0.4, -0.2) is 51.6 Å². The van der Waals surface area contributed by atoms with E-state index in [1.54, 1.807) is 0 Å². The van der Waals surface area contributed by atoms with Crippen molar-refractivity contribution in [2.24, 2.45) is 5.92 Å². The Morgan fingerprint density at radius 2 is 1.56 bits per heavy atom. The van der Waals surface area contributed by atoms with E-state index in [2.05, 4.69) is 69.6 Å². The minimum atomic E-state index is -0.509. The topological polar surface area (TPSA) is 96.8 Å². The van der Waals surface area contributed by atoms with Gasteiger partial charge in [-0.15, -0.1) is 0 Å². The summed E-state index contributed by atoms with van der Waals surface area (Å²) in [6.45, 7) is 5.70. The quantitative estimate of drug-likeness (QED) is 0.179. The molecular weight excluding hydrogens is 600 g/mol. The lowest BCUT2D eigenvalue weighted by atomic mass is 9.89. The molecule has 1 aromatic heterocycles. The zero-order valence-corrected chi connectivity index (χ0v) is 27.3. The monoisotopic (exact) mass is 642 g/mol. The number of fused-ring (bicyclic) bond motifs is 1. The summed E-state index contributed by atoms with van der Waals surface area (Å²) in [6.07, 6.45) is 4.65. The van der Waals surface area contributed by atoms with Gasteiger partial charge in [0.1, 0.15) is 5.69 Å². The Hall–Kier alpha value is -4.47. The Kier molecular flexibility index (Phi) is 9.86. The number of carbonyl (C=O) groups is 1. The number of aliphatic hydroxyl groups excluding tert-OH is 1. The molecule has 3 heterocycles. The van der Waals surface area contributed by atoms with Crippen molar-refractivity contribution in [1.29, 1.82) is 0 Å². The van der Waals surface area contributed by atoms with Gasteiger partial charge in [-0.05, 0) is 65.9 Å². The number of likely N-dealkylation sites (tertiary alicyclic amines) is 1. The highest BCUT2D eigenvalue weighted by Crippen LogP contribution is 2.42. The van der Waals surface area contributed by atoms with Crippen LogP contribution in [0.1, 0.15) is 71.3 Å². The zero-order chi connectivity index (χ0) is 32.9. The number of hydrogen-bond donors (Lipinski definition) is 2. The van der Waals surface area contributed by atoms with Gasteiger partial charge in [0.25, 0.3) is 5.91 Å². The van der Waals surface area contributed by atoms with Gasteiger partial charge in [0.2, 0.25) is 0 Å². The highest BCUT2D eigenvalue weighted by Gasteiger charge is 2.39. The first-order chi connectivity index (χ1) is 23.6. The van der Waals surface area contributed by atoms with Crippen LogP contribution in [0.25, 0.3) is 22.2 Å². The lowest BCUT2D eigenvalue weighted by Crippen LogP contribution is -2.45. The predicted molar refractivity (Wildman–Crippen MR) is 186 cm³/mol. The van der Waals surface area contributed by atoms with E-state index in [4.69, 9.17) is 9.47 Å². The molecule has 246 valence electrons. The van der Waals surface area contributed by atoms with Crippen molar-refractivity contribution in [1.82, 2.24) is 20.2 Å². The molecule has 2 N–H and O–H groups in total. The molecule has 8 nitrogen and oxygen atoms in total. The molecule has 48 heavy (non-hydrogen) atoms. The van der Waals surface area contributed by atoms with E-state index in [0.29, 0.717) is 17.8 Å². The molecule has 2 aliphatic heterocycles. The number of para-hydroxylation sites is 2. The molecule has 0 spiro atoms. The summed E-state index contributed by atoms with van der Waals surface area (Å²) in [7, 11) is 0. The van der Waals surface area contributed by atoms with Gasteiger partial charge in [0.15, 0.2) is 6.29 Å². The largest absolute Gasteiger partial charge is 0.392 e. The van der Waals surface area contributed by atoms with Crippen LogP contribution in [-0.2, 0) is 22.6 Å². The molecule has 0 saturated carbocycles. The van der Waals surface area contributed by atoms with Crippen molar-refractivity contribution in [3.8, 4) is 11.1 Å². The van der Waals surface area contributed by atoms with Crippen molar-refractivity contribution in [2.75, 3.05) is 19.6 Å². The second kappa shape index (κ2) is 14.7. The van der Waals surface area contributed by atoms with Gasteiger partial charge < -0.3 is 24.8 Å². The molecule has 2 saturated heterocycles. The van der Waals surface area contributed by atoms with Crippen molar-refractivity contribution in [3.05, 3.63) is 131 Å². The van der Waals surface area contributed by atoms with Crippen LogP contribution in [0.15, 0.2) is 103 Å². The average Bonchev–Trinajstić information content (AvgIpc) is 3.15. The number of rotatable bonds is 9. The molecular formula is C40H42N4O4. The SMILES string of the molecule is CC1C(CN2CCCCC2)OC(c2ccc(-c3ccccc3CNC(=O)c3cnc4ccccc4n3)cc2)OC1c1ccc(CO)cc1. The van der Waals surface area contributed by atoms with Gasteiger partial charge in [-0.25, -0.2) is 4.98 Å². The molecule has 0 aliphatic carbocycles. The number of hydrogen-bond acceptors (Lipinski definition) is 7. The van der Waals surface area contributed by atoms with Crippen LogP contribution in [0.4, 0.5) is 0 Å². The summed E-state index contributed by atoms with van der Waals surface area (Å²) in [6, 6.07) is 32.1. The lowest BCUT2D eigenvalue weighted by molar-refractivity contribution is -0.276. The van der Waals surface area contributed by atoms with Crippen molar-refractivity contribution >= 4 is 16.9 Å². The van der Waals surface area contributed by atoms with Crippen LogP contribution in [0.3, 0.4) is 0 Å². The normalized spacial score (nSPS) is 21.6. The van der Waals surface area contributed by atoms with Gasteiger partial charge in [-0.1, -0.05) is 98.3 Å². The maximum absolute atomic E-state index is 13.0. The summed E-state index contributed by atoms with van der Waals surface area (Å²) in [5.74, 6) is -0.107. The molecule has 5 aromatic rings. The maximum Gasteiger partial charge on any atom is 0.271 e. The molecule has 1 amide bonds. The highest BCUT2D eigenvalue weighted by molar-refractivity contribution is 5.93. The highest BCUT2D eigenvalue weighted by atomic mass is 16.7. The Labute approximate surface area is 281 Å². The minimum absolute atomic E-state index is 0.0145. The number of carbonyl (C=O) groups excluding carboxylic acids is 1. The second-order valence-corrected chi connectivity index (χ2v) is 12.9.